The van der Waals surface area contributed by atoms with E-state index in [1.54, 1.807) is 11.4 Å². The zero-order valence-corrected chi connectivity index (χ0v) is 8.36. The average molecular weight is 209 g/mol. The highest BCUT2D eigenvalue weighted by molar-refractivity contribution is 7.80. The van der Waals surface area contributed by atoms with Gasteiger partial charge in [0.15, 0.2) is 6.29 Å². The SMILES string of the molecule is Nc1cc(S)cc2c(C=O)csc12. The van der Waals surface area contributed by atoms with Gasteiger partial charge in [0.25, 0.3) is 0 Å². The molecule has 0 radical (unpaired) electrons. The molecule has 0 unspecified atom stereocenters. The van der Waals surface area contributed by atoms with Crippen molar-refractivity contribution in [3.05, 3.63) is 23.1 Å². The Bertz CT molecular complexity index is 476. The Morgan fingerprint density at radius 2 is 2.23 bits per heavy atom. The topological polar surface area (TPSA) is 43.1 Å². The number of benzene rings is 1. The second-order valence-electron chi connectivity index (χ2n) is 2.72. The van der Waals surface area contributed by atoms with Crippen molar-refractivity contribution in [3.63, 3.8) is 0 Å². The van der Waals surface area contributed by atoms with E-state index in [4.69, 9.17) is 5.73 Å². The predicted molar refractivity (Wildman–Crippen MR) is 58.9 cm³/mol. The molecule has 0 aliphatic heterocycles. The van der Waals surface area contributed by atoms with Gasteiger partial charge in [-0.2, -0.15) is 0 Å². The van der Waals surface area contributed by atoms with Crippen molar-refractivity contribution in [1.29, 1.82) is 0 Å². The number of carbonyl (C=O) groups excluding carboxylic acids is 1. The van der Waals surface area contributed by atoms with Crippen LogP contribution in [0.4, 0.5) is 5.69 Å². The molecule has 2 nitrogen and oxygen atoms in total. The number of aldehydes is 1. The van der Waals surface area contributed by atoms with Crippen LogP contribution in [-0.2, 0) is 0 Å². The summed E-state index contributed by atoms with van der Waals surface area (Å²) in [6.07, 6.45) is 0.839. The molecule has 0 spiro atoms. The second-order valence-corrected chi connectivity index (χ2v) is 4.12. The standard InChI is InChI=1S/C9H7NOS2/c10-8-2-6(12)1-7-5(3-11)4-13-9(7)8/h1-4,12H,10H2. The largest absolute Gasteiger partial charge is 0.398 e. The number of nitrogens with two attached hydrogens (primary N) is 1. The lowest BCUT2D eigenvalue weighted by atomic mass is 10.2. The van der Waals surface area contributed by atoms with Crippen LogP contribution in [0.5, 0.6) is 0 Å². The van der Waals surface area contributed by atoms with Gasteiger partial charge in [-0.3, -0.25) is 4.79 Å². The van der Waals surface area contributed by atoms with Crippen LogP contribution in [0, 0.1) is 0 Å². The molecule has 1 aromatic carbocycles. The molecule has 0 aliphatic rings. The highest BCUT2D eigenvalue weighted by Crippen LogP contribution is 2.32. The first-order valence-corrected chi connectivity index (χ1v) is 5.00. The van der Waals surface area contributed by atoms with E-state index >= 15 is 0 Å². The number of carbonyl (C=O) groups is 1. The van der Waals surface area contributed by atoms with Crippen LogP contribution in [0.3, 0.4) is 0 Å². The quantitative estimate of drug-likeness (QED) is 0.430. The second kappa shape index (κ2) is 3.05. The van der Waals surface area contributed by atoms with Crippen molar-refractivity contribution in [1.82, 2.24) is 0 Å². The summed E-state index contributed by atoms with van der Waals surface area (Å²) in [7, 11) is 0. The van der Waals surface area contributed by atoms with Gasteiger partial charge < -0.3 is 5.73 Å². The van der Waals surface area contributed by atoms with Crippen LogP contribution < -0.4 is 5.73 Å². The van der Waals surface area contributed by atoms with E-state index in [2.05, 4.69) is 12.6 Å². The van der Waals surface area contributed by atoms with Crippen LogP contribution in [-0.4, -0.2) is 6.29 Å². The Labute approximate surface area is 84.8 Å². The first-order chi connectivity index (χ1) is 6.22. The molecule has 4 heteroatoms. The average Bonchev–Trinajstić information content (AvgIpc) is 2.47. The summed E-state index contributed by atoms with van der Waals surface area (Å²) in [5.41, 5.74) is 7.13. The van der Waals surface area contributed by atoms with E-state index in [-0.39, 0.29) is 0 Å². The minimum absolute atomic E-state index is 0.681. The summed E-state index contributed by atoms with van der Waals surface area (Å²) < 4.78 is 0.958. The van der Waals surface area contributed by atoms with Crippen LogP contribution in [0.25, 0.3) is 10.1 Å². The number of thiol groups is 1. The summed E-state index contributed by atoms with van der Waals surface area (Å²) in [4.78, 5) is 11.4. The minimum Gasteiger partial charge on any atom is -0.398 e. The van der Waals surface area contributed by atoms with Crippen molar-refractivity contribution in [2.75, 3.05) is 5.73 Å². The third kappa shape index (κ3) is 1.32. The van der Waals surface area contributed by atoms with Gasteiger partial charge in [-0.25, -0.2) is 0 Å². The molecular weight excluding hydrogens is 202 g/mol. The normalized spacial score (nSPS) is 10.5. The molecule has 66 valence electrons. The molecule has 0 amide bonds. The van der Waals surface area contributed by atoms with E-state index < -0.39 is 0 Å². The maximum atomic E-state index is 10.6. The summed E-state index contributed by atoms with van der Waals surface area (Å²) in [6, 6.07) is 3.64. The molecule has 0 bridgehead atoms. The van der Waals surface area contributed by atoms with Gasteiger partial charge in [0.2, 0.25) is 0 Å². The summed E-state index contributed by atoms with van der Waals surface area (Å²) in [5, 5.41) is 2.70. The van der Waals surface area contributed by atoms with Crippen molar-refractivity contribution < 1.29 is 4.79 Å². The van der Waals surface area contributed by atoms with Crippen molar-refractivity contribution in [2.24, 2.45) is 0 Å². The Balaban J connectivity index is 2.89. The summed E-state index contributed by atoms with van der Waals surface area (Å²) in [5.74, 6) is 0. The van der Waals surface area contributed by atoms with E-state index in [9.17, 15) is 4.79 Å². The Morgan fingerprint density at radius 1 is 1.46 bits per heavy atom. The lowest BCUT2D eigenvalue weighted by Gasteiger charge is -1.97. The zero-order chi connectivity index (χ0) is 9.42. The smallest absolute Gasteiger partial charge is 0.151 e. The van der Waals surface area contributed by atoms with Gasteiger partial charge in [0.05, 0.1) is 10.4 Å². The predicted octanol–water partition coefficient (Wildman–Crippen LogP) is 2.58. The molecular formula is C9H7NOS2. The van der Waals surface area contributed by atoms with E-state index in [1.807, 2.05) is 6.07 Å². The first-order valence-electron chi connectivity index (χ1n) is 3.67. The van der Waals surface area contributed by atoms with Crippen molar-refractivity contribution in [2.45, 2.75) is 4.90 Å². The van der Waals surface area contributed by atoms with Gasteiger partial charge in [0, 0.05) is 21.2 Å². The van der Waals surface area contributed by atoms with Crippen molar-refractivity contribution >= 4 is 46.0 Å². The number of rotatable bonds is 1. The molecule has 13 heavy (non-hydrogen) atoms. The Kier molecular flexibility index (Phi) is 2.01. The Hall–Kier alpha value is -1.00. The lowest BCUT2D eigenvalue weighted by molar-refractivity contribution is 0.112. The molecule has 1 heterocycles. The zero-order valence-electron chi connectivity index (χ0n) is 6.65. The van der Waals surface area contributed by atoms with Crippen LogP contribution >= 0.6 is 24.0 Å². The fraction of sp³-hybridized carbons (Fsp3) is 0. The van der Waals surface area contributed by atoms with Gasteiger partial charge in [0.1, 0.15) is 0 Å². The van der Waals surface area contributed by atoms with Gasteiger partial charge in [-0.1, -0.05) is 0 Å². The number of nitrogen functional groups attached to an aromatic ring is 1. The van der Waals surface area contributed by atoms with Gasteiger partial charge in [-0.05, 0) is 12.1 Å². The maximum absolute atomic E-state index is 10.6. The molecule has 2 aromatic rings. The number of hydrogen-bond acceptors (Lipinski definition) is 4. The molecule has 0 atom stereocenters. The lowest BCUT2D eigenvalue weighted by Crippen LogP contribution is -1.85. The van der Waals surface area contributed by atoms with Gasteiger partial charge >= 0.3 is 0 Å². The number of fused-ring (bicyclic) bond motifs is 1. The van der Waals surface area contributed by atoms with Crippen LogP contribution in [0.15, 0.2) is 22.4 Å². The number of anilines is 1. The maximum Gasteiger partial charge on any atom is 0.151 e. The molecule has 0 saturated carbocycles. The molecule has 1 aromatic heterocycles. The fourth-order valence-electron chi connectivity index (χ4n) is 1.26. The number of thiophene rings is 1. The molecule has 2 N–H and O–H groups in total. The highest BCUT2D eigenvalue weighted by Gasteiger charge is 2.06. The summed E-state index contributed by atoms with van der Waals surface area (Å²) in [6.45, 7) is 0. The number of hydrogen-bond donors (Lipinski definition) is 2. The summed E-state index contributed by atoms with van der Waals surface area (Å²) >= 11 is 5.68. The molecule has 0 aliphatic carbocycles. The first kappa shape index (κ1) is 8.59. The van der Waals surface area contributed by atoms with E-state index in [1.165, 1.54) is 11.3 Å². The Morgan fingerprint density at radius 3 is 2.92 bits per heavy atom. The van der Waals surface area contributed by atoms with E-state index in [0.717, 1.165) is 21.3 Å². The molecule has 0 fully saturated rings. The third-order valence-electron chi connectivity index (χ3n) is 1.84. The minimum atomic E-state index is 0.681. The molecule has 2 rings (SSSR count). The third-order valence-corrected chi connectivity index (χ3v) is 3.17. The van der Waals surface area contributed by atoms with Crippen molar-refractivity contribution in [3.8, 4) is 0 Å². The van der Waals surface area contributed by atoms with Crippen LogP contribution in [0.2, 0.25) is 0 Å². The van der Waals surface area contributed by atoms with E-state index in [0.29, 0.717) is 11.3 Å². The highest BCUT2D eigenvalue weighted by atomic mass is 32.1. The molecule has 0 saturated heterocycles. The monoisotopic (exact) mass is 209 g/mol. The fourth-order valence-corrected chi connectivity index (χ4v) is 2.45. The van der Waals surface area contributed by atoms with Crippen LogP contribution in [0.1, 0.15) is 10.4 Å². The van der Waals surface area contributed by atoms with Gasteiger partial charge in [-0.15, -0.1) is 24.0 Å².